The van der Waals surface area contributed by atoms with Crippen LogP contribution in [0.2, 0.25) is 10.0 Å². The van der Waals surface area contributed by atoms with E-state index in [-0.39, 0.29) is 31.3 Å². The molecule has 3 aromatic rings. The van der Waals surface area contributed by atoms with E-state index in [4.69, 9.17) is 42.5 Å². The van der Waals surface area contributed by atoms with Crippen LogP contribution in [0.15, 0.2) is 42.5 Å². The summed E-state index contributed by atoms with van der Waals surface area (Å²) in [6, 6.07) is 12.8. The predicted molar refractivity (Wildman–Crippen MR) is 152 cm³/mol. The highest BCUT2D eigenvalue weighted by Crippen LogP contribution is 2.40. The standard InChI is InChI=1S/C29H30Cl2O7S/c1-17-22(24-12-20(30)13-26(31)18(24)2)7-8-27(36-9-4-10-39(3,34)35)25(17)16-37-21-5-6-23-19(11-29(32)33)15-38-28(23)14-21/h5-8,12-14,19H,4,9-11,15-16H2,1-3H3,(H,32,33)/t19-/m1/s1. The number of rotatable bonds is 11. The van der Waals surface area contributed by atoms with E-state index in [1.54, 1.807) is 18.2 Å². The second kappa shape index (κ2) is 12.1. The van der Waals surface area contributed by atoms with Crippen molar-refractivity contribution in [2.75, 3.05) is 25.2 Å². The second-order valence-electron chi connectivity index (χ2n) is 9.70. The smallest absolute Gasteiger partial charge is 0.304 e. The molecule has 0 saturated heterocycles. The van der Waals surface area contributed by atoms with E-state index in [0.29, 0.717) is 40.3 Å². The van der Waals surface area contributed by atoms with Gasteiger partial charge in [0.05, 0.1) is 25.4 Å². The van der Waals surface area contributed by atoms with Crippen LogP contribution in [0, 0.1) is 13.8 Å². The summed E-state index contributed by atoms with van der Waals surface area (Å²) in [7, 11) is -3.09. The molecule has 1 aliphatic rings. The molecule has 0 fully saturated rings. The molecule has 0 bridgehead atoms. The number of halogens is 2. The van der Waals surface area contributed by atoms with E-state index in [2.05, 4.69) is 0 Å². The summed E-state index contributed by atoms with van der Waals surface area (Å²) in [4.78, 5) is 11.2. The Kier molecular flexibility index (Phi) is 8.99. The number of carbonyl (C=O) groups is 1. The highest BCUT2D eigenvalue weighted by molar-refractivity contribution is 7.90. The van der Waals surface area contributed by atoms with Crippen LogP contribution in [-0.2, 0) is 21.2 Å². The Labute approximate surface area is 238 Å². The Bertz CT molecular complexity index is 1500. The lowest BCUT2D eigenvalue weighted by atomic mass is 9.93. The minimum atomic E-state index is -3.09. The zero-order valence-electron chi connectivity index (χ0n) is 21.9. The number of carboxylic acid groups (broad SMARTS) is 1. The molecule has 1 heterocycles. The fourth-order valence-electron chi connectivity index (χ4n) is 4.65. The predicted octanol–water partition coefficient (Wildman–Crippen LogP) is 6.62. The lowest BCUT2D eigenvalue weighted by molar-refractivity contribution is -0.137. The number of sulfone groups is 1. The van der Waals surface area contributed by atoms with Gasteiger partial charge in [-0.3, -0.25) is 4.79 Å². The lowest BCUT2D eigenvalue weighted by Crippen LogP contribution is -2.10. The molecular formula is C29H30Cl2O7S. The zero-order valence-corrected chi connectivity index (χ0v) is 24.3. The molecule has 0 radical (unpaired) electrons. The van der Waals surface area contributed by atoms with Crippen molar-refractivity contribution in [3.63, 3.8) is 0 Å². The number of ether oxygens (including phenoxy) is 3. The Balaban J connectivity index is 1.62. The normalized spacial score (nSPS) is 14.5. The summed E-state index contributed by atoms with van der Waals surface area (Å²) in [6.45, 7) is 4.62. The molecule has 1 aliphatic heterocycles. The molecule has 1 atom stereocenters. The van der Waals surface area contributed by atoms with E-state index in [1.165, 1.54) is 6.26 Å². The topological polar surface area (TPSA) is 99.1 Å². The first-order chi connectivity index (χ1) is 18.4. The van der Waals surface area contributed by atoms with Crippen LogP contribution < -0.4 is 14.2 Å². The lowest BCUT2D eigenvalue weighted by Gasteiger charge is -2.19. The van der Waals surface area contributed by atoms with E-state index in [1.807, 2.05) is 38.1 Å². The Morgan fingerprint density at radius 2 is 1.82 bits per heavy atom. The maximum absolute atomic E-state index is 11.5. The van der Waals surface area contributed by atoms with Crippen molar-refractivity contribution in [1.29, 1.82) is 0 Å². The molecule has 208 valence electrons. The quantitative estimate of drug-likeness (QED) is 0.250. The first-order valence-corrected chi connectivity index (χ1v) is 15.2. The van der Waals surface area contributed by atoms with Crippen molar-refractivity contribution < 1.29 is 32.5 Å². The summed E-state index contributed by atoms with van der Waals surface area (Å²) < 4.78 is 41.0. The minimum Gasteiger partial charge on any atom is -0.493 e. The fraction of sp³-hybridized carbons (Fsp3) is 0.345. The van der Waals surface area contributed by atoms with Crippen LogP contribution in [0.1, 0.15) is 41.0 Å². The van der Waals surface area contributed by atoms with Crippen molar-refractivity contribution in [3.8, 4) is 28.4 Å². The van der Waals surface area contributed by atoms with Gasteiger partial charge in [0.2, 0.25) is 0 Å². The van der Waals surface area contributed by atoms with Crippen LogP contribution in [0.4, 0.5) is 0 Å². The summed E-state index contributed by atoms with van der Waals surface area (Å²) in [5.41, 5.74) is 5.28. The number of aliphatic carboxylic acids is 1. The van der Waals surface area contributed by atoms with Gasteiger partial charge in [-0.1, -0.05) is 35.3 Å². The summed E-state index contributed by atoms with van der Waals surface area (Å²) in [6.07, 6.45) is 1.57. The van der Waals surface area contributed by atoms with E-state index in [9.17, 15) is 13.2 Å². The van der Waals surface area contributed by atoms with Gasteiger partial charge in [0.1, 0.15) is 33.7 Å². The highest BCUT2D eigenvalue weighted by Gasteiger charge is 2.27. The maximum Gasteiger partial charge on any atom is 0.304 e. The third-order valence-corrected chi connectivity index (χ3v) is 8.38. The average molecular weight is 594 g/mol. The molecule has 1 N–H and O–H groups in total. The maximum atomic E-state index is 11.5. The van der Waals surface area contributed by atoms with Gasteiger partial charge in [0.25, 0.3) is 0 Å². The van der Waals surface area contributed by atoms with Gasteiger partial charge in [0.15, 0.2) is 0 Å². The van der Waals surface area contributed by atoms with Gasteiger partial charge in [-0.05, 0) is 66.8 Å². The number of fused-ring (bicyclic) bond motifs is 1. The van der Waals surface area contributed by atoms with Crippen molar-refractivity contribution >= 4 is 39.0 Å². The SMILES string of the molecule is Cc1c(Cl)cc(Cl)cc1-c1ccc(OCCCS(C)(=O)=O)c(COc2ccc3c(c2)OC[C@H]3CC(=O)O)c1C. The monoisotopic (exact) mass is 592 g/mol. The van der Waals surface area contributed by atoms with Crippen molar-refractivity contribution in [2.45, 2.75) is 39.2 Å². The molecule has 0 amide bonds. The number of carboxylic acids is 1. The third-order valence-electron chi connectivity index (χ3n) is 6.74. The van der Waals surface area contributed by atoms with Gasteiger partial charge >= 0.3 is 5.97 Å². The summed E-state index contributed by atoms with van der Waals surface area (Å²) >= 11 is 12.7. The summed E-state index contributed by atoms with van der Waals surface area (Å²) in [5, 5.41) is 10.2. The Morgan fingerprint density at radius 3 is 2.54 bits per heavy atom. The van der Waals surface area contributed by atoms with Crippen molar-refractivity contribution in [2.24, 2.45) is 0 Å². The van der Waals surface area contributed by atoms with Crippen LogP contribution in [-0.4, -0.2) is 44.7 Å². The summed E-state index contributed by atoms with van der Waals surface area (Å²) in [5.74, 6) is 0.756. The van der Waals surface area contributed by atoms with Gasteiger partial charge < -0.3 is 19.3 Å². The van der Waals surface area contributed by atoms with E-state index >= 15 is 0 Å². The molecule has 0 saturated carbocycles. The van der Waals surface area contributed by atoms with Crippen LogP contribution in [0.3, 0.4) is 0 Å². The van der Waals surface area contributed by atoms with Crippen LogP contribution in [0.5, 0.6) is 17.2 Å². The molecule has 7 nitrogen and oxygen atoms in total. The molecule has 0 unspecified atom stereocenters. The number of hydrogen-bond acceptors (Lipinski definition) is 6. The molecule has 0 spiro atoms. The van der Waals surface area contributed by atoms with Crippen molar-refractivity contribution in [3.05, 3.63) is 74.8 Å². The van der Waals surface area contributed by atoms with Crippen LogP contribution >= 0.6 is 23.2 Å². The third kappa shape index (κ3) is 7.18. The highest BCUT2D eigenvalue weighted by atomic mass is 35.5. The Hall–Kier alpha value is -2.94. The molecule has 0 aromatic heterocycles. The number of hydrogen-bond donors (Lipinski definition) is 1. The molecule has 4 rings (SSSR count). The van der Waals surface area contributed by atoms with Gasteiger partial charge in [0, 0.05) is 39.4 Å². The van der Waals surface area contributed by atoms with Gasteiger partial charge in [-0.25, -0.2) is 8.42 Å². The van der Waals surface area contributed by atoms with Crippen molar-refractivity contribution in [1.82, 2.24) is 0 Å². The van der Waals surface area contributed by atoms with Gasteiger partial charge in [-0.15, -0.1) is 0 Å². The Morgan fingerprint density at radius 1 is 1.05 bits per heavy atom. The fourth-order valence-corrected chi connectivity index (χ4v) is 5.78. The van der Waals surface area contributed by atoms with Crippen LogP contribution in [0.25, 0.3) is 11.1 Å². The van der Waals surface area contributed by atoms with E-state index in [0.717, 1.165) is 33.4 Å². The van der Waals surface area contributed by atoms with Gasteiger partial charge in [-0.2, -0.15) is 0 Å². The zero-order chi connectivity index (χ0) is 28.3. The van der Waals surface area contributed by atoms with E-state index < -0.39 is 15.8 Å². The average Bonchev–Trinajstić information content (AvgIpc) is 3.24. The number of benzene rings is 3. The second-order valence-corrected chi connectivity index (χ2v) is 12.8. The minimum absolute atomic E-state index is 0.00611. The molecule has 0 aliphatic carbocycles. The first-order valence-electron chi connectivity index (χ1n) is 12.4. The molecule has 39 heavy (non-hydrogen) atoms. The molecule has 3 aromatic carbocycles. The molecular weight excluding hydrogens is 563 g/mol. The molecule has 10 heteroatoms. The largest absolute Gasteiger partial charge is 0.493 e. The first kappa shape index (κ1) is 29.1.